The van der Waals surface area contributed by atoms with Gasteiger partial charge in [0, 0.05) is 10.6 Å². The van der Waals surface area contributed by atoms with Gasteiger partial charge >= 0.3 is 6.18 Å². The lowest BCUT2D eigenvalue weighted by Gasteiger charge is -2.26. The average Bonchev–Trinajstić information content (AvgIpc) is 3.11. The molecule has 34 heavy (non-hydrogen) atoms. The first-order chi connectivity index (χ1) is 16.2. The Morgan fingerprint density at radius 3 is 2.38 bits per heavy atom. The molecule has 172 valence electrons. The second-order valence-electron chi connectivity index (χ2n) is 7.71. The molecule has 5 rings (SSSR count). The standard InChI is InChI=1S/C25H15F4NO3S/c1-34-17-8-5-13(6-9-17)21-20-22(31)18-12-15(26)7-10-19(18)33-23(20)24(32)30(21)16-4-2-3-14(11-16)25(27,28)29/h2-12,21H,1H3. The number of nitrogens with zero attached hydrogens (tertiary/aromatic N) is 1. The van der Waals surface area contributed by atoms with Gasteiger partial charge in [-0.05, 0) is 60.4 Å². The zero-order valence-corrected chi connectivity index (χ0v) is 18.3. The van der Waals surface area contributed by atoms with Crippen LogP contribution in [-0.2, 0) is 6.18 Å². The lowest BCUT2D eigenvalue weighted by atomic mass is 9.98. The lowest BCUT2D eigenvalue weighted by Crippen LogP contribution is -2.29. The minimum absolute atomic E-state index is 0.0147. The van der Waals surface area contributed by atoms with Gasteiger partial charge in [-0.1, -0.05) is 18.2 Å². The molecule has 1 aliphatic heterocycles. The maximum Gasteiger partial charge on any atom is 0.416 e. The van der Waals surface area contributed by atoms with Crippen LogP contribution in [0.4, 0.5) is 23.2 Å². The maximum absolute atomic E-state index is 13.9. The number of halogens is 4. The van der Waals surface area contributed by atoms with Gasteiger partial charge in [0.1, 0.15) is 11.4 Å². The van der Waals surface area contributed by atoms with Gasteiger partial charge in [0.2, 0.25) is 5.76 Å². The topological polar surface area (TPSA) is 50.5 Å². The van der Waals surface area contributed by atoms with Crippen LogP contribution >= 0.6 is 11.8 Å². The number of alkyl halides is 3. The summed E-state index contributed by atoms with van der Waals surface area (Å²) in [5.74, 6) is -1.68. The number of carbonyl (C=O) groups excluding carboxylic acids is 1. The molecule has 0 bridgehead atoms. The molecule has 1 amide bonds. The Balaban J connectivity index is 1.78. The Kier molecular flexibility index (Phi) is 5.24. The van der Waals surface area contributed by atoms with E-state index < -0.39 is 34.9 Å². The Labute approximate surface area is 194 Å². The van der Waals surface area contributed by atoms with Crippen molar-refractivity contribution >= 4 is 34.3 Å². The highest BCUT2D eigenvalue weighted by molar-refractivity contribution is 7.98. The second-order valence-corrected chi connectivity index (χ2v) is 8.59. The van der Waals surface area contributed by atoms with Crippen molar-refractivity contribution in [2.24, 2.45) is 0 Å². The molecule has 1 aromatic heterocycles. The van der Waals surface area contributed by atoms with Gasteiger partial charge in [-0.15, -0.1) is 11.8 Å². The third kappa shape index (κ3) is 3.56. The number of hydrogen-bond acceptors (Lipinski definition) is 4. The van der Waals surface area contributed by atoms with Crippen molar-refractivity contribution in [2.75, 3.05) is 11.2 Å². The fourth-order valence-corrected chi connectivity index (χ4v) is 4.55. The highest BCUT2D eigenvalue weighted by Crippen LogP contribution is 2.43. The van der Waals surface area contributed by atoms with Crippen LogP contribution in [0.1, 0.15) is 33.3 Å². The zero-order valence-electron chi connectivity index (χ0n) is 17.5. The highest BCUT2D eigenvalue weighted by atomic mass is 32.2. The van der Waals surface area contributed by atoms with E-state index in [4.69, 9.17) is 4.42 Å². The van der Waals surface area contributed by atoms with E-state index in [2.05, 4.69) is 0 Å². The van der Waals surface area contributed by atoms with Crippen molar-refractivity contribution in [3.8, 4) is 0 Å². The van der Waals surface area contributed by atoms with Crippen molar-refractivity contribution in [3.63, 3.8) is 0 Å². The van der Waals surface area contributed by atoms with Crippen LogP contribution in [0, 0.1) is 5.82 Å². The van der Waals surface area contributed by atoms with E-state index in [0.29, 0.717) is 5.56 Å². The molecule has 0 saturated heterocycles. The Morgan fingerprint density at radius 1 is 0.971 bits per heavy atom. The summed E-state index contributed by atoms with van der Waals surface area (Å²) in [5.41, 5.74) is -1.11. The number of hydrogen-bond donors (Lipinski definition) is 0. The van der Waals surface area contributed by atoms with E-state index in [-0.39, 0.29) is 28.0 Å². The molecule has 2 heterocycles. The fraction of sp³-hybridized carbons (Fsp3) is 0.120. The van der Waals surface area contributed by atoms with E-state index in [1.165, 1.54) is 30.0 Å². The summed E-state index contributed by atoms with van der Waals surface area (Å²) in [6.45, 7) is 0. The Bertz CT molecular complexity index is 1500. The summed E-state index contributed by atoms with van der Waals surface area (Å²) >= 11 is 1.49. The molecular weight excluding hydrogens is 470 g/mol. The van der Waals surface area contributed by atoms with Gasteiger partial charge in [-0.3, -0.25) is 14.5 Å². The normalized spacial score (nSPS) is 15.7. The first-order valence-corrected chi connectivity index (χ1v) is 11.3. The van der Waals surface area contributed by atoms with Gasteiger partial charge in [-0.2, -0.15) is 13.2 Å². The number of amides is 1. The van der Waals surface area contributed by atoms with Crippen LogP contribution in [-0.4, -0.2) is 12.2 Å². The zero-order chi connectivity index (χ0) is 24.2. The number of fused-ring (bicyclic) bond motifs is 2. The van der Waals surface area contributed by atoms with Crippen LogP contribution in [0.3, 0.4) is 0 Å². The second kappa shape index (κ2) is 8.02. The molecule has 1 aliphatic rings. The van der Waals surface area contributed by atoms with Crippen LogP contribution in [0.2, 0.25) is 0 Å². The lowest BCUT2D eigenvalue weighted by molar-refractivity contribution is -0.137. The Morgan fingerprint density at radius 2 is 1.71 bits per heavy atom. The summed E-state index contributed by atoms with van der Waals surface area (Å²) in [4.78, 5) is 28.9. The SMILES string of the molecule is CSc1ccc(C2c3c(oc4ccc(F)cc4c3=O)C(=O)N2c2cccc(C(F)(F)F)c2)cc1. The van der Waals surface area contributed by atoms with Crippen molar-refractivity contribution in [1.29, 1.82) is 0 Å². The molecule has 0 N–H and O–H groups in total. The molecule has 1 unspecified atom stereocenters. The minimum atomic E-state index is -4.62. The van der Waals surface area contributed by atoms with Crippen LogP contribution < -0.4 is 10.3 Å². The molecule has 0 saturated carbocycles. The van der Waals surface area contributed by atoms with E-state index in [9.17, 15) is 27.2 Å². The predicted molar refractivity (Wildman–Crippen MR) is 121 cm³/mol. The van der Waals surface area contributed by atoms with E-state index in [1.54, 1.807) is 24.3 Å². The quantitative estimate of drug-likeness (QED) is 0.248. The Hall–Kier alpha value is -3.59. The summed E-state index contributed by atoms with van der Waals surface area (Å²) in [6, 6.07) is 13.6. The number of carbonyl (C=O) groups is 1. The number of benzene rings is 3. The van der Waals surface area contributed by atoms with Crippen molar-refractivity contribution in [3.05, 3.63) is 105 Å². The van der Waals surface area contributed by atoms with Gasteiger partial charge < -0.3 is 4.42 Å². The fourth-order valence-electron chi connectivity index (χ4n) is 4.15. The third-order valence-electron chi connectivity index (χ3n) is 5.72. The van der Waals surface area contributed by atoms with Crippen LogP contribution in [0.5, 0.6) is 0 Å². The van der Waals surface area contributed by atoms with Crippen LogP contribution in [0.25, 0.3) is 11.0 Å². The van der Waals surface area contributed by atoms with Crippen LogP contribution in [0.15, 0.2) is 80.8 Å². The molecule has 0 aliphatic carbocycles. The predicted octanol–water partition coefficient (Wildman–Crippen LogP) is 6.42. The smallest absolute Gasteiger partial charge is 0.416 e. The molecule has 4 aromatic rings. The first-order valence-electron chi connectivity index (χ1n) is 10.1. The number of rotatable bonds is 3. The van der Waals surface area contributed by atoms with Crippen molar-refractivity contribution in [2.45, 2.75) is 17.1 Å². The average molecular weight is 485 g/mol. The summed E-state index contributed by atoms with van der Waals surface area (Å²) < 4.78 is 59.8. The molecule has 0 radical (unpaired) electrons. The highest BCUT2D eigenvalue weighted by Gasteiger charge is 2.44. The minimum Gasteiger partial charge on any atom is -0.450 e. The number of thioether (sulfide) groups is 1. The molecule has 0 spiro atoms. The van der Waals surface area contributed by atoms with Crippen molar-refractivity contribution in [1.82, 2.24) is 0 Å². The maximum atomic E-state index is 13.9. The molecule has 1 atom stereocenters. The van der Waals surface area contributed by atoms with Gasteiger partial charge in [0.15, 0.2) is 5.43 Å². The molecular formula is C25H15F4NO3S. The summed E-state index contributed by atoms with van der Waals surface area (Å²) in [7, 11) is 0. The largest absolute Gasteiger partial charge is 0.450 e. The van der Waals surface area contributed by atoms with E-state index in [1.807, 2.05) is 6.26 Å². The summed E-state index contributed by atoms with van der Waals surface area (Å²) in [6.07, 6.45) is -2.74. The van der Waals surface area contributed by atoms with Gasteiger partial charge in [0.05, 0.1) is 22.6 Å². The molecule has 0 fully saturated rings. The van der Waals surface area contributed by atoms with Crippen molar-refractivity contribution < 1.29 is 26.8 Å². The summed E-state index contributed by atoms with van der Waals surface area (Å²) in [5, 5.41) is -0.0526. The molecule has 3 aromatic carbocycles. The van der Waals surface area contributed by atoms with Gasteiger partial charge in [-0.25, -0.2) is 4.39 Å². The molecule has 9 heteroatoms. The monoisotopic (exact) mass is 485 g/mol. The first kappa shape index (κ1) is 22.2. The molecule has 4 nitrogen and oxygen atoms in total. The number of anilines is 1. The van der Waals surface area contributed by atoms with E-state index in [0.717, 1.165) is 34.1 Å². The van der Waals surface area contributed by atoms with E-state index >= 15 is 0 Å². The third-order valence-corrected chi connectivity index (χ3v) is 6.46. The van der Waals surface area contributed by atoms with Gasteiger partial charge in [0.25, 0.3) is 5.91 Å².